The number of hydrogen-bond donors (Lipinski definition) is 0. The summed E-state index contributed by atoms with van der Waals surface area (Å²) < 4.78 is 0. The first kappa shape index (κ1) is 15.1. The van der Waals surface area contributed by atoms with Crippen LogP contribution < -0.4 is 4.90 Å². The van der Waals surface area contributed by atoms with Crippen LogP contribution in [0.3, 0.4) is 0 Å². The molecule has 1 atom stereocenters. The van der Waals surface area contributed by atoms with E-state index in [2.05, 4.69) is 34.2 Å². The molecule has 0 bridgehead atoms. The van der Waals surface area contributed by atoms with Crippen LogP contribution in [0.5, 0.6) is 0 Å². The fourth-order valence-electron chi connectivity index (χ4n) is 3.12. The lowest BCUT2D eigenvalue weighted by atomic mass is 9.99. The van der Waals surface area contributed by atoms with Gasteiger partial charge in [-0.15, -0.1) is 5.10 Å². The van der Waals surface area contributed by atoms with Crippen LogP contribution in [0.1, 0.15) is 25.0 Å². The van der Waals surface area contributed by atoms with E-state index in [-0.39, 0.29) is 6.04 Å². The highest BCUT2D eigenvalue weighted by Gasteiger charge is 2.31. The maximum Gasteiger partial charge on any atom is 0.154 e. The number of fused-ring (bicyclic) bond motifs is 3. The Kier molecular flexibility index (Phi) is 3.69. The molecule has 0 spiro atoms. The van der Waals surface area contributed by atoms with E-state index in [0.29, 0.717) is 11.6 Å². The van der Waals surface area contributed by atoms with Gasteiger partial charge in [-0.1, -0.05) is 41.9 Å². The van der Waals surface area contributed by atoms with Crippen molar-refractivity contribution in [1.82, 2.24) is 0 Å². The zero-order valence-electron chi connectivity index (χ0n) is 13.6. The minimum absolute atomic E-state index is 0.141. The summed E-state index contributed by atoms with van der Waals surface area (Å²) in [6.45, 7) is 4.64. The molecule has 0 aliphatic carbocycles. The maximum atomic E-state index is 6.30. The first-order valence-corrected chi connectivity index (χ1v) is 8.33. The third kappa shape index (κ3) is 2.43. The molecule has 0 saturated carbocycles. The number of benzene rings is 2. The Labute approximate surface area is 146 Å². The van der Waals surface area contributed by atoms with Crippen LogP contribution in [0, 0.1) is 0 Å². The molecule has 4 nitrogen and oxygen atoms in total. The van der Waals surface area contributed by atoms with Crippen molar-refractivity contribution in [2.24, 2.45) is 15.2 Å². The number of hydrogen-bond acceptors (Lipinski definition) is 4. The number of anilines is 1. The summed E-state index contributed by atoms with van der Waals surface area (Å²) in [4.78, 5) is 7.05. The standard InChI is InChI=1S/C19H17ClN4/c1-12-13(2)24-17-9-8-15(20)10-16(17)19(14-6-4-3-5-7-14)21-11-18(24)23-22-12/h3-10,13H,11H2,1-2H3. The molecule has 2 aliphatic rings. The van der Waals surface area contributed by atoms with Crippen molar-refractivity contribution in [1.29, 1.82) is 0 Å². The van der Waals surface area contributed by atoms with E-state index in [9.17, 15) is 0 Å². The van der Waals surface area contributed by atoms with Crippen LogP contribution in [-0.2, 0) is 0 Å². The Morgan fingerprint density at radius 1 is 1.08 bits per heavy atom. The van der Waals surface area contributed by atoms with Gasteiger partial charge in [0.2, 0.25) is 0 Å². The lowest BCUT2D eigenvalue weighted by molar-refractivity contribution is 0.871. The van der Waals surface area contributed by atoms with Crippen LogP contribution in [0.25, 0.3) is 0 Å². The second-order valence-electron chi connectivity index (χ2n) is 6.00. The number of aliphatic imine (C=N–C) groups is 1. The predicted octanol–water partition coefficient (Wildman–Crippen LogP) is 4.17. The molecule has 1 unspecified atom stereocenters. The van der Waals surface area contributed by atoms with Crippen molar-refractivity contribution >= 4 is 34.5 Å². The van der Waals surface area contributed by atoms with Crippen molar-refractivity contribution in [2.75, 3.05) is 11.4 Å². The highest BCUT2D eigenvalue weighted by Crippen LogP contribution is 2.32. The van der Waals surface area contributed by atoms with Gasteiger partial charge in [-0.25, -0.2) is 0 Å². The number of rotatable bonds is 1. The Bertz CT molecular complexity index is 883. The number of halogens is 1. The molecule has 0 saturated heterocycles. The van der Waals surface area contributed by atoms with E-state index < -0.39 is 0 Å². The van der Waals surface area contributed by atoms with E-state index in [1.54, 1.807) is 0 Å². The summed E-state index contributed by atoms with van der Waals surface area (Å²) in [7, 11) is 0. The summed E-state index contributed by atoms with van der Waals surface area (Å²) in [6.07, 6.45) is 0. The number of amidine groups is 1. The minimum atomic E-state index is 0.141. The molecule has 5 heteroatoms. The molecule has 120 valence electrons. The average Bonchev–Trinajstić information content (AvgIpc) is 2.76. The topological polar surface area (TPSA) is 40.3 Å². The van der Waals surface area contributed by atoms with Crippen LogP contribution >= 0.6 is 11.6 Å². The van der Waals surface area contributed by atoms with E-state index in [1.807, 2.05) is 43.3 Å². The minimum Gasteiger partial charge on any atom is -0.318 e. The molecule has 0 N–H and O–H groups in total. The Morgan fingerprint density at radius 3 is 2.67 bits per heavy atom. The highest BCUT2D eigenvalue weighted by molar-refractivity contribution is 6.32. The second kappa shape index (κ2) is 5.87. The lowest BCUT2D eigenvalue weighted by Crippen LogP contribution is -2.46. The fraction of sp³-hybridized carbons (Fsp3) is 0.211. The molecule has 2 aromatic rings. The Morgan fingerprint density at radius 2 is 1.88 bits per heavy atom. The number of nitrogens with zero attached hydrogens (tertiary/aromatic N) is 4. The molecule has 0 fully saturated rings. The van der Waals surface area contributed by atoms with Gasteiger partial charge >= 0.3 is 0 Å². The van der Waals surface area contributed by atoms with Gasteiger partial charge in [-0.2, -0.15) is 5.10 Å². The summed E-state index contributed by atoms with van der Waals surface area (Å²) in [5, 5.41) is 9.38. The summed E-state index contributed by atoms with van der Waals surface area (Å²) in [6, 6.07) is 16.3. The first-order chi connectivity index (χ1) is 11.6. The smallest absolute Gasteiger partial charge is 0.154 e. The molecule has 4 rings (SSSR count). The summed E-state index contributed by atoms with van der Waals surface area (Å²) in [5.41, 5.74) is 5.10. The predicted molar refractivity (Wildman–Crippen MR) is 101 cm³/mol. The quantitative estimate of drug-likeness (QED) is 0.770. The SMILES string of the molecule is CC1=NN=C2CN=C(c3ccccc3)c3cc(Cl)ccc3N2C1C. The van der Waals surface area contributed by atoms with Gasteiger partial charge in [0.25, 0.3) is 0 Å². The van der Waals surface area contributed by atoms with Crippen LogP contribution in [-0.4, -0.2) is 29.8 Å². The van der Waals surface area contributed by atoms with Crippen LogP contribution in [0.2, 0.25) is 5.02 Å². The van der Waals surface area contributed by atoms with Crippen LogP contribution in [0.4, 0.5) is 5.69 Å². The Balaban J connectivity index is 1.94. The van der Waals surface area contributed by atoms with E-state index in [1.165, 1.54) is 0 Å². The van der Waals surface area contributed by atoms with E-state index in [4.69, 9.17) is 16.6 Å². The first-order valence-electron chi connectivity index (χ1n) is 7.95. The molecular formula is C19H17ClN4. The van der Waals surface area contributed by atoms with Crippen molar-refractivity contribution in [3.63, 3.8) is 0 Å². The van der Waals surface area contributed by atoms with Gasteiger partial charge < -0.3 is 4.90 Å². The Hall–Kier alpha value is -2.46. The fourth-order valence-corrected chi connectivity index (χ4v) is 3.29. The second-order valence-corrected chi connectivity index (χ2v) is 6.43. The van der Waals surface area contributed by atoms with Crippen molar-refractivity contribution < 1.29 is 0 Å². The van der Waals surface area contributed by atoms with Gasteiger partial charge in [0, 0.05) is 16.1 Å². The molecule has 2 aliphatic heterocycles. The van der Waals surface area contributed by atoms with Crippen molar-refractivity contribution in [3.8, 4) is 0 Å². The molecule has 24 heavy (non-hydrogen) atoms. The zero-order valence-corrected chi connectivity index (χ0v) is 14.3. The van der Waals surface area contributed by atoms with Gasteiger partial charge in [0.15, 0.2) is 5.84 Å². The molecule has 2 aromatic carbocycles. The monoisotopic (exact) mass is 336 g/mol. The highest BCUT2D eigenvalue weighted by atomic mass is 35.5. The third-order valence-corrected chi connectivity index (χ3v) is 4.73. The molecule has 2 heterocycles. The van der Waals surface area contributed by atoms with Crippen molar-refractivity contribution in [3.05, 3.63) is 64.7 Å². The van der Waals surface area contributed by atoms with Gasteiger partial charge in [-0.05, 0) is 32.0 Å². The molecule has 0 aromatic heterocycles. The van der Waals surface area contributed by atoms with Gasteiger partial charge in [-0.3, -0.25) is 4.99 Å². The normalized spacial score (nSPS) is 19.5. The van der Waals surface area contributed by atoms with Crippen LogP contribution in [0.15, 0.2) is 63.7 Å². The van der Waals surface area contributed by atoms with Crippen molar-refractivity contribution in [2.45, 2.75) is 19.9 Å². The lowest BCUT2D eigenvalue weighted by Gasteiger charge is -2.33. The van der Waals surface area contributed by atoms with E-state index >= 15 is 0 Å². The van der Waals surface area contributed by atoms with E-state index in [0.717, 1.165) is 34.1 Å². The summed E-state index contributed by atoms with van der Waals surface area (Å²) >= 11 is 6.30. The molecule has 0 amide bonds. The average molecular weight is 337 g/mol. The third-order valence-electron chi connectivity index (χ3n) is 4.49. The summed E-state index contributed by atoms with van der Waals surface area (Å²) in [5.74, 6) is 0.864. The van der Waals surface area contributed by atoms with Gasteiger partial charge in [0.1, 0.15) is 0 Å². The molecular weight excluding hydrogens is 320 g/mol. The molecule has 0 radical (unpaired) electrons. The largest absolute Gasteiger partial charge is 0.318 e. The van der Waals surface area contributed by atoms with Gasteiger partial charge in [0.05, 0.1) is 29.7 Å². The zero-order chi connectivity index (χ0) is 16.7. The maximum absolute atomic E-state index is 6.30.